The molecule has 0 aromatic heterocycles. The molecule has 0 spiro atoms. The lowest BCUT2D eigenvalue weighted by molar-refractivity contribution is -0.915. The Balaban J connectivity index is 1.85. The van der Waals surface area contributed by atoms with Gasteiger partial charge in [-0.25, -0.2) is 0 Å². The Labute approximate surface area is 317 Å². The molecule has 306 valence electrons. The van der Waals surface area contributed by atoms with Gasteiger partial charge in [0.1, 0.15) is 30.4 Å². The van der Waals surface area contributed by atoms with Crippen LogP contribution in [-0.2, 0) is 38.0 Å². The van der Waals surface area contributed by atoms with E-state index in [9.17, 15) is 25.2 Å². The second kappa shape index (κ2) is 16.6. The van der Waals surface area contributed by atoms with Crippen LogP contribution in [-0.4, -0.2) is 149 Å². The van der Waals surface area contributed by atoms with Crippen LogP contribution in [0.2, 0.25) is 0 Å². The first kappa shape index (κ1) is 44.3. The maximum absolute atomic E-state index is 14.2. The van der Waals surface area contributed by atoms with Crippen molar-refractivity contribution in [2.75, 3.05) is 27.7 Å². The minimum absolute atomic E-state index is 0.0809. The zero-order valence-corrected chi connectivity index (χ0v) is 34.4. The molecule has 0 amide bonds. The van der Waals surface area contributed by atoms with Gasteiger partial charge in [-0.1, -0.05) is 27.7 Å². The fraction of sp³-hybridized carbons (Fsp3) is 0.925. The molecule has 4 saturated heterocycles. The van der Waals surface area contributed by atoms with E-state index in [0.717, 1.165) is 0 Å². The van der Waals surface area contributed by atoms with Crippen molar-refractivity contribution in [2.45, 2.75) is 185 Å². The van der Waals surface area contributed by atoms with Crippen molar-refractivity contribution in [2.24, 2.45) is 23.7 Å². The van der Waals surface area contributed by atoms with E-state index in [1.165, 1.54) is 14.0 Å². The third-order valence-corrected chi connectivity index (χ3v) is 13.1. The molecule has 0 saturated carbocycles. The summed E-state index contributed by atoms with van der Waals surface area (Å²) in [5.74, 6) is -0.0975. The van der Waals surface area contributed by atoms with Crippen LogP contribution in [0.15, 0.2) is 0 Å². The summed E-state index contributed by atoms with van der Waals surface area (Å²) in [7, 11) is 5.49. The third kappa shape index (κ3) is 8.79. The van der Waals surface area contributed by atoms with Crippen LogP contribution in [0, 0.1) is 36.0 Å². The molecule has 13 nitrogen and oxygen atoms in total. The number of fused-ring (bicyclic) bond motifs is 2. The highest BCUT2D eigenvalue weighted by Gasteiger charge is 2.58. The molecule has 0 aromatic rings. The standard InChI is InChI=1S/C40H70NO12/c1-15-17-41(12,13)27-18-22(4)48-37(30(27)42)52-35-24(6)32(51-29-20-38(9,47-14)34(44)26(8)49-29)25(7)36(45)50-28(16-2)40(11,46)33(43)23(5)31-21(3)19-39(35,10)53-31/h1,21-35,37,42-44,46H,16-20H2,2-14H3/q+1/t21-,22-,23+,24+,25-,26+,27+,28-,29+,30-,31-,32+,33-,34+,35-,37+,38-,39-,40-/m1/s1. The number of quaternary nitrogens is 1. The van der Waals surface area contributed by atoms with Gasteiger partial charge in [0.2, 0.25) is 0 Å². The van der Waals surface area contributed by atoms with E-state index in [2.05, 4.69) is 5.92 Å². The van der Waals surface area contributed by atoms with Crippen molar-refractivity contribution < 1.29 is 62.9 Å². The second-order valence-electron chi connectivity index (χ2n) is 17.9. The Morgan fingerprint density at radius 3 is 2.19 bits per heavy atom. The van der Waals surface area contributed by atoms with E-state index >= 15 is 0 Å². The van der Waals surface area contributed by atoms with Crippen LogP contribution in [0.3, 0.4) is 0 Å². The van der Waals surface area contributed by atoms with Gasteiger partial charge in [0.25, 0.3) is 0 Å². The SMILES string of the molecule is C#CC[N+](C)(C)[C@H]1C[C@@H](C)O[C@@H](O[C@@H]2[C@@H](C)[C@H](O[C@H]3C[C@@](C)(OC)[C@@H](O)[C@H](C)O3)[C@@H](C)C(=O)O[C@H](CC)[C@@](C)(O)[C@H](O)[C@@H](C)[C@@H]3O[C@]2(C)C[C@H]3C)[C@@H]1O. The number of cyclic esters (lactones) is 1. The quantitative estimate of drug-likeness (QED) is 0.163. The third-order valence-electron chi connectivity index (χ3n) is 13.1. The van der Waals surface area contributed by atoms with E-state index in [4.69, 9.17) is 39.6 Å². The molecule has 13 heteroatoms. The molecular weight excluding hydrogens is 686 g/mol. The summed E-state index contributed by atoms with van der Waals surface area (Å²) < 4.78 is 45.5. The first-order chi connectivity index (χ1) is 24.5. The van der Waals surface area contributed by atoms with Crippen molar-refractivity contribution in [3.05, 3.63) is 0 Å². The highest BCUT2D eigenvalue weighted by Crippen LogP contribution is 2.48. The molecule has 0 aromatic carbocycles. The number of terminal acetylenes is 1. The first-order valence-electron chi connectivity index (χ1n) is 19.6. The number of carbonyl (C=O) groups excluding carboxylic acids is 1. The highest BCUT2D eigenvalue weighted by atomic mass is 16.7. The summed E-state index contributed by atoms with van der Waals surface area (Å²) in [6, 6.07) is -0.298. The highest BCUT2D eigenvalue weighted by molar-refractivity contribution is 5.73. The number of esters is 1. The average Bonchev–Trinajstić information content (AvgIpc) is 3.40. The number of aliphatic hydroxyl groups is 4. The molecule has 0 unspecified atom stereocenters. The molecule has 4 aliphatic heterocycles. The molecule has 4 heterocycles. The molecule has 0 aliphatic carbocycles. The van der Waals surface area contributed by atoms with Crippen LogP contribution in [0.5, 0.6) is 0 Å². The van der Waals surface area contributed by atoms with E-state index < -0.39 is 102 Å². The minimum Gasteiger partial charge on any atom is -0.459 e. The molecule has 0 radical (unpaired) electrons. The van der Waals surface area contributed by atoms with Gasteiger partial charge in [-0.2, -0.15) is 0 Å². The normalized spacial score (nSPS) is 50.3. The minimum atomic E-state index is -1.80. The van der Waals surface area contributed by atoms with E-state index in [1.807, 2.05) is 48.7 Å². The van der Waals surface area contributed by atoms with Crippen molar-refractivity contribution >= 4 is 5.97 Å². The van der Waals surface area contributed by atoms with Crippen LogP contribution in [0.1, 0.15) is 94.9 Å². The van der Waals surface area contributed by atoms with Gasteiger partial charge in [-0.3, -0.25) is 4.79 Å². The lowest BCUT2D eigenvalue weighted by atomic mass is 9.76. The summed E-state index contributed by atoms with van der Waals surface area (Å²) >= 11 is 0. The van der Waals surface area contributed by atoms with Gasteiger partial charge in [0.15, 0.2) is 18.7 Å². The topological polar surface area (TPSA) is 163 Å². The van der Waals surface area contributed by atoms with Crippen LogP contribution in [0.25, 0.3) is 0 Å². The fourth-order valence-electron chi connectivity index (χ4n) is 9.74. The Kier molecular flexibility index (Phi) is 13.9. The number of carbonyl (C=O) groups is 1. The largest absolute Gasteiger partial charge is 0.459 e. The van der Waals surface area contributed by atoms with Crippen LogP contribution < -0.4 is 0 Å². The molecule has 4 fully saturated rings. The van der Waals surface area contributed by atoms with Gasteiger partial charge in [-0.05, 0) is 66.2 Å². The van der Waals surface area contributed by atoms with Crippen LogP contribution >= 0.6 is 0 Å². The number of nitrogens with zero attached hydrogens (tertiary/aromatic N) is 1. The number of ether oxygens (including phenoxy) is 7. The van der Waals surface area contributed by atoms with Crippen molar-refractivity contribution in [1.29, 1.82) is 0 Å². The first-order valence-corrected chi connectivity index (χ1v) is 19.6. The maximum atomic E-state index is 14.2. The molecule has 4 aliphatic rings. The molecule has 2 bridgehead atoms. The summed E-state index contributed by atoms with van der Waals surface area (Å²) in [5, 5.41) is 46.4. The van der Waals surface area contributed by atoms with E-state index in [0.29, 0.717) is 23.9 Å². The lowest BCUT2D eigenvalue weighted by Crippen LogP contribution is -2.64. The predicted molar refractivity (Wildman–Crippen MR) is 196 cm³/mol. The number of hydrogen-bond donors (Lipinski definition) is 4. The fourth-order valence-corrected chi connectivity index (χ4v) is 9.74. The molecule has 4 N–H and O–H groups in total. The lowest BCUT2D eigenvalue weighted by Gasteiger charge is -2.49. The Morgan fingerprint density at radius 1 is 0.962 bits per heavy atom. The van der Waals surface area contributed by atoms with Crippen molar-refractivity contribution in [3.63, 3.8) is 0 Å². The summed E-state index contributed by atoms with van der Waals surface area (Å²) in [4.78, 5) is 14.2. The molecule has 19 atom stereocenters. The number of likely N-dealkylation sites (N-methyl/N-ethyl adjacent to an activating group) is 1. The maximum Gasteiger partial charge on any atom is 0.311 e. The predicted octanol–water partition coefficient (Wildman–Crippen LogP) is 2.77. The second-order valence-corrected chi connectivity index (χ2v) is 17.9. The number of rotatable bonds is 8. The van der Waals surface area contributed by atoms with Crippen molar-refractivity contribution in [3.8, 4) is 12.3 Å². The number of methoxy groups -OCH3 is 1. The van der Waals surface area contributed by atoms with Gasteiger partial charge < -0.3 is 58.1 Å². The Bertz CT molecular complexity index is 1290. The van der Waals surface area contributed by atoms with Crippen LogP contribution in [0.4, 0.5) is 0 Å². The zero-order valence-electron chi connectivity index (χ0n) is 34.4. The molecule has 53 heavy (non-hydrogen) atoms. The summed E-state index contributed by atoms with van der Waals surface area (Å²) in [6.45, 7) is 18.6. The van der Waals surface area contributed by atoms with Gasteiger partial charge >= 0.3 is 5.97 Å². The Hall–Kier alpha value is -1.41. The summed E-state index contributed by atoms with van der Waals surface area (Å²) in [5.41, 5.74) is -3.83. The number of hydrogen-bond acceptors (Lipinski definition) is 12. The smallest absolute Gasteiger partial charge is 0.311 e. The number of aliphatic hydroxyl groups excluding tert-OH is 3. The van der Waals surface area contributed by atoms with E-state index in [-0.39, 0.29) is 30.9 Å². The monoisotopic (exact) mass is 756 g/mol. The van der Waals surface area contributed by atoms with E-state index in [1.54, 1.807) is 27.7 Å². The van der Waals surface area contributed by atoms with Gasteiger partial charge in [0, 0.05) is 31.8 Å². The zero-order chi connectivity index (χ0) is 40.0. The molecule has 4 rings (SSSR count). The van der Waals surface area contributed by atoms with Gasteiger partial charge in [0.05, 0.1) is 67.8 Å². The Morgan fingerprint density at radius 2 is 1.60 bits per heavy atom. The van der Waals surface area contributed by atoms with Gasteiger partial charge in [-0.15, -0.1) is 6.42 Å². The summed E-state index contributed by atoms with van der Waals surface area (Å²) in [6.07, 6.45) is -2.25. The average molecular weight is 757 g/mol. The van der Waals surface area contributed by atoms with Crippen molar-refractivity contribution in [1.82, 2.24) is 0 Å². The molecular formula is C40H70NO12+.